The predicted molar refractivity (Wildman–Crippen MR) is 72.8 cm³/mol. The molecule has 1 aromatic rings. The molecular weight excluding hydrogens is 226 g/mol. The Morgan fingerprint density at radius 3 is 3.00 bits per heavy atom. The Kier molecular flexibility index (Phi) is 4.61. The zero-order valence-corrected chi connectivity index (χ0v) is 11.3. The summed E-state index contributed by atoms with van der Waals surface area (Å²) in [5, 5.41) is 12.7. The molecule has 3 heteroatoms. The highest BCUT2D eigenvalue weighted by Crippen LogP contribution is 2.25. The van der Waals surface area contributed by atoms with E-state index in [2.05, 4.69) is 30.4 Å². The van der Waals surface area contributed by atoms with Gasteiger partial charge >= 0.3 is 0 Å². The smallest absolute Gasteiger partial charge is 0.122 e. The van der Waals surface area contributed by atoms with Gasteiger partial charge in [-0.1, -0.05) is 19.1 Å². The predicted octanol–water partition coefficient (Wildman–Crippen LogP) is 2.12. The maximum Gasteiger partial charge on any atom is 0.122 e. The van der Waals surface area contributed by atoms with Crippen LogP contribution in [0, 0.1) is 5.92 Å². The molecule has 2 unspecified atom stereocenters. The summed E-state index contributed by atoms with van der Waals surface area (Å²) in [6.45, 7) is 6.65. The minimum absolute atomic E-state index is 0.209. The second kappa shape index (κ2) is 6.21. The summed E-state index contributed by atoms with van der Waals surface area (Å²) in [5.74, 6) is 1.55. The van der Waals surface area contributed by atoms with Crippen LogP contribution in [0.2, 0.25) is 0 Å². The van der Waals surface area contributed by atoms with Crippen LogP contribution in [0.3, 0.4) is 0 Å². The van der Waals surface area contributed by atoms with Gasteiger partial charge in [0.05, 0.1) is 12.7 Å². The summed E-state index contributed by atoms with van der Waals surface area (Å²) in [5.41, 5.74) is 2.63. The van der Waals surface area contributed by atoms with Gasteiger partial charge in [0.1, 0.15) is 5.75 Å². The van der Waals surface area contributed by atoms with Crippen molar-refractivity contribution < 1.29 is 9.84 Å². The molecule has 0 amide bonds. The van der Waals surface area contributed by atoms with Crippen molar-refractivity contribution in [2.45, 2.75) is 39.3 Å². The summed E-state index contributed by atoms with van der Waals surface area (Å²) < 4.78 is 5.49. The molecule has 1 heterocycles. The Morgan fingerprint density at radius 2 is 2.22 bits per heavy atom. The highest BCUT2D eigenvalue weighted by Gasteiger charge is 2.12. The average molecular weight is 249 g/mol. The van der Waals surface area contributed by atoms with E-state index in [-0.39, 0.29) is 6.10 Å². The molecule has 1 aromatic carbocycles. The van der Waals surface area contributed by atoms with E-state index in [4.69, 9.17) is 4.74 Å². The van der Waals surface area contributed by atoms with E-state index >= 15 is 0 Å². The molecule has 0 saturated heterocycles. The summed E-state index contributed by atoms with van der Waals surface area (Å²) in [6, 6.07) is 6.42. The van der Waals surface area contributed by atoms with Crippen molar-refractivity contribution in [3.63, 3.8) is 0 Å². The third-order valence-corrected chi connectivity index (χ3v) is 3.32. The normalized spacial score (nSPS) is 17.1. The molecule has 1 aliphatic heterocycles. The van der Waals surface area contributed by atoms with Crippen molar-refractivity contribution in [1.82, 2.24) is 5.32 Å². The number of hydrogen-bond donors (Lipinski definition) is 2. The van der Waals surface area contributed by atoms with E-state index in [1.807, 2.05) is 6.92 Å². The highest BCUT2D eigenvalue weighted by molar-refractivity contribution is 5.39. The first-order valence-corrected chi connectivity index (χ1v) is 6.78. The molecule has 0 radical (unpaired) electrons. The average Bonchev–Trinajstić information content (AvgIpc) is 2.75. The number of hydrogen-bond acceptors (Lipinski definition) is 3. The molecule has 3 nitrogen and oxygen atoms in total. The Balaban J connectivity index is 1.77. The van der Waals surface area contributed by atoms with Gasteiger partial charge in [-0.2, -0.15) is 0 Å². The van der Waals surface area contributed by atoms with Gasteiger partial charge in [-0.05, 0) is 43.0 Å². The first-order chi connectivity index (χ1) is 8.65. The maximum absolute atomic E-state index is 9.30. The molecule has 0 bridgehead atoms. The third-order valence-electron chi connectivity index (χ3n) is 3.32. The van der Waals surface area contributed by atoms with Crippen molar-refractivity contribution >= 4 is 0 Å². The van der Waals surface area contributed by atoms with Crippen LogP contribution in [0.5, 0.6) is 5.75 Å². The van der Waals surface area contributed by atoms with Crippen molar-refractivity contribution in [1.29, 1.82) is 0 Å². The Hall–Kier alpha value is -1.06. The Bertz CT molecular complexity index is 390. The lowest BCUT2D eigenvalue weighted by atomic mass is 10.0. The molecule has 0 saturated carbocycles. The van der Waals surface area contributed by atoms with Gasteiger partial charge in [0, 0.05) is 13.0 Å². The largest absolute Gasteiger partial charge is 0.493 e. The quantitative estimate of drug-likeness (QED) is 0.811. The maximum atomic E-state index is 9.30. The summed E-state index contributed by atoms with van der Waals surface area (Å²) >= 11 is 0. The zero-order valence-electron chi connectivity index (χ0n) is 11.3. The lowest BCUT2D eigenvalue weighted by molar-refractivity contribution is 0.163. The third kappa shape index (κ3) is 3.72. The molecule has 0 aliphatic carbocycles. The molecule has 2 rings (SSSR count). The molecule has 100 valence electrons. The van der Waals surface area contributed by atoms with Crippen LogP contribution in [0.1, 0.15) is 31.4 Å². The van der Waals surface area contributed by atoms with Gasteiger partial charge in [0.15, 0.2) is 0 Å². The lowest BCUT2D eigenvalue weighted by Gasteiger charge is -2.14. The minimum atomic E-state index is -0.209. The fraction of sp³-hybridized carbons (Fsp3) is 0.600. The van der Waals surface area contributed by atoms with Crippen molar-refractivity contribution in [2.75, 3.05) is 13.2 Å². The summed E-state index contributed by atoms with van der Waals surface area (Å²) in [4.78, 5) is 0. The highest BCUT2D eigenvalue weighted by atomic mass is 16.5. The van der Waals surface area contributed by atoms with E-state index in [1.165, 1.54) is 11.1 Å². The van der Waals surface area contributed by atoms with E-state index < -0.39 is 0 Å². The number of benzene rings is 1. The van der Waals surface area contributed by atoms with Gasteiger partial charge < -0.3 is 15.2 Å². The monoisotopic (exact) mass is 249 g/mol. The number of nitrogens with one attached hydrogen (secondary N) is 1. The first-order valence-electron chi connectivity index (χ1n) is 6.78. The Labute approximate surface area is 109 Å². The molecule has 0 aromatic heterocycles. The van der Waals surface area contributed by atoms with Gasteiger partial charge in [-0.25, -0.2) is 0 Å². The topological polar surface area (TPSA) is 41.5 Å². The SMILES string of the molecule is CC(O)CC(C)CNCc1ccc2c(c1)CCO2. The first kappa shape index (κ1) is 13.4. The van der Waals surface area contributed by atoms with Crippen molar-refractivity contribution in [2.24, 2.45) is 5.92 Å². The molecule has 0 spiro atoms. The van der Waals surface area contributed by atoms with Gasteiger partial charge in [-0.15, -0.1) is 0 Å². The lowest BCUT2D eigenvalue weighted by Crippen LogP contribution is -2.23. The van der Waals surface area contributed by atoms with Crippen LogP contribution in [-0.4, -0.2) is 24.4 Å². The van der Waals surface area contributed by atoms with Gasteiger partial charge in [0.2, 0.25) is 0 Å². The molecular formula is C15H23NO2. The molecule has 2 N–H and O–H groups in total. The summed E-state index contributed by atoms with van der Waals surface area (Å²) in [6.07, 6.45) is 1.67. The number of ether oxygens (including phenoxy) is 1. The number of rotatable bonds is 6. The number of aliphatic hydroxyl groups is 1. The van der Waals surface area contributed by atoms with Gasteiger partial charge in [-0.3, -0.25) is 0 Å². The van der Waals surface area contributed by atoms with E-state index in [1.54, 1.807) is 0 Å². The van der Waals surface area contributed by atoms with Crippen LogP contribution >= 0.6 is 0 Å². The Morgan fingerprint density at radius 1 is 1.39 bits per heavy atom. The number of fused-ring (bicyclic) bond motifs is 1. The van der Waals surface area contributed by atoms with E-state index in [0.717, 1.165) is 38.3 Å². The molecule has 0 fully saturated rings. The molecule has 2 atom stereocenters. The van der Waals surface area contributed by atoms with Crippen LogP contribution in [0.4, 0.5) is 0 Å². The van der Waals surface area contributed by atoms with Crippen molar-refractivity contribution in [3.8, 4) is 5.75 Å². The fourth-order valence-corrected chi connectivity index (χ4v) is 2.48. The molecule has 18 heavy (non-hydrogen) atoms. The van der Waals surface area contributed by atoms with Gasteiger partial charge in [0.25, 0.3) is 0 Å². The van der Waals surface area contributed by atoms with Crippen LogP contribution < -0.4 is 10.1 Å². The second-order valence-corrected chi connectivity index (χ2v) is 5.36. The zero-order chi connectivity index (χ0) is 13.0. The van der Waals surface area contributed by atoms with Crippen LogP contribution in [0.15, 0.2) is 18.2 Å². The van der Waals surface area contributed by atoms with Crippen molar-refractivity contribution in [3.05, 3.63) is 29.3 Å². The minimum Gasteiger partial charge on any atom is -0.493 e. The fourth-order valence-electron chi connectivity index (χ4n) is 2.48. The molecule has 1 aliphatic rings. The second-order valence-electron chi connectivity index (χ2n) is 5.36. The van der Waals surface area contributed by atoms with Crippen LogP contribution in [0.25, 0.3) is 0 Å². The standard InChI is InChI=1S/C15H23NO2/c1-11(7-12(2)17)9-16-10-13-3-4-15-14(8-13)5-6-18-15/h3-4,8,11-12,16-17H,5-7,9-10H2,1-2H3. The van der Waals surface area contributed by atoms with Crippen LogP contribution in [-0.2, 0) is 13.0 Å². The van der Waals surface area contributed by atoms with E-state index in [0.29, 0.717) is 5.92 Å². The number of aliphatic hydroxyl groups excluding tert-OH is 1. The summed E-state index contributed by atoms with van der Waals surface area (Å²) in [7, 11) is 0. The van der Waals surface area contributed by atoms with E-state index in [9.17, 15) is 5.11 Å².